The summed E-state index contributed by atoms with van der Waals surface area (Å²) in [5, 5.41) is 23.7. The first kappa shape index (κ1) is 14.7. The Morgan fingerprint density at radius 2 is 2.24 bits per heavy atom. The van der Waals surface area contributed by atoms with Crippen molar-refractivity contribution >= 4 is 17.4 Å². The van der Waals surface area contributed by atoms with Crippen molar-refractivity contribution < 1.29 is 9.72 Å². The highest BCUT2D eigenvalue weighted by atomic mass is 16.6. The van der Waals surface area contributed by atoms with Crippen molar-refractivity contribution in [3.05, 3.63) is 34.3 Å². The number of nitro groups is 1. The van der Waals surface area contributed by atoms with E-state index in [9.17, 15) is 14.9 Å². The predicted molar refractivity (Wildman–Crippen MR) is 74.8 cm³/mol. The molecule has 0 aliphatic heterocycles. The monoisotopic (exact) mass is 292 g/mol. The third-order valence-corrected chi connectivity index (χ3v) is 2.79. The van der Waals surface area contributed by atoms with Crippen LogP contribution in [0, 0.1) is 10.1 Å². The van der Waals surface area contributed by atoms with Crippen LogP contribution in [0.25, 0.3) is 0 Å². The average Bonchev–Trinajstić information content (AvgIpc) is 2.97. The van der Waals surface area contributed by atoms with Gasteiger partial charge in [0.25, 0.3) is 0 Å². The molecular formula is C12H16N6O3. The topological polar surface area (TPSA) is 119 Å². The number of nitrogens with one attached hydrogen (secondary N) is 2. The van der Waals surface area contributed by atoms with E-state index in [1.54, 1.807) is 6.07 Å². The van der Waals surface area contributed by atoms with Gasteiger partial charge in [0.05, 0.1) is 4.92 Å². The molecule has 0 bridgehead atoms. The zero-order valence-corrected chi connectivity index (χ0v) is 12.0. The minimum Gasteiger partial charge on any atom is -0.308 e. The summed E-state index contributed by atoms with van der Waals surface area (Å²) in [4.78, 5) is 21.8. The van der Waals surface area contributed by atoms with Gasteiger partial charge in [-0.2, -0.15) is 10.2 Å². The summed E-state index contributed by atoms with van der Waals surface area (Å²) < 4.78 is 1.20. The summed E-state index contributed by atoms with van der Waals surface area (Å²) >= 11 is 0. The number of hydrogen-bond donors (Lipinski definition) is 2. The molecule has 0 aliphatic rings. The molecule has 2 rings (SSSR count). The normalized spacial score (nSPS) is 11.4. The minimum absolute atomic E-state index is 0.0986. The molecule has 2 aromatic rings. The molecule has 0 unspecified atom stereocenters. The van der Waals surface area contributed by atoms with E-state index < -0.39 is 4.92 Å². The highest BCUT2D eigenvalue weighted by molar-refractivity contribution is 5.89. The summed E-state index contributed by atoms with van der Waals surface area (Å²) in [5.74, 6) is 0.0477. The van der Waals surface area contributed by atoms with Crippen LogP contribution >= 0.6 is 0 Å². The number of aromatic nitrogens is 4. The highest BCUT2D eigenvalue weighted by Gasteiger charge is 2.17. The van der Waals surface area contributed by atoms with Crippen molar-refractivity contribution in [2.24, 2.45) is 0 Å². The Balaban J connectivity index is 1.98. The van der Waals surface area contributed by atoms with Crippen molar-refractivity contribution in [2.75, 3.05) is 5.32 Å². The minimum atomic E-state index is -0.565. The second kappa shape index (κ2) is 5.35. The van der Waals surface area contributed by atoms with Gasteiger partial charge in [0.2, 0.25) is 5.91 Å². The maximum atomic E-state index is 11.8. The zero-order chi connectivity index (χ0) is 15.6. The fourth-order valence-corrected chi connectivity index (χ4v) is 1.63. The molecule has 0 fully saturated rings. The van der Waals surface area contributed by atoms with Crippen LogP contribution in [0.1, 0.15) is 26.5 Å². The molecule has 0 atom stereocenters. The first-order chi connectivity index (χ1) is 9.75. The maximum absolute atomic E-state index is 11.8. The van der Waals surface area contributed by atoms with Gasteiger partial charge in [0, 0.05) is 17.2 Å². The van der Waals surface area contributed by atoms with Gasteiger partial charge in [-0.25, -0.2) is 0 Å². The molecule has 0 spiro atoms. The van der Waals surface area contributed by atoms with E-state index in [1.807, 2.05) is 20.8 Å². The molecule has 0 saturated heterocycles. The Morgan fingerprint density at radius 3 is 2.76 bits per heavy atom. The average molecular weight is 292 g/mol. The van der Waals surface area contributed by atoms with Gasteiger partial charge in [-0.3, -0.25) is 24.7 Å². The summed E-state index contributed by atoms with van der Waals surface area (Å²) in [7, 11) is 0. The number of anilines is 1. The van der Waals surface area contributed by atoms with Gasteiger partial charge in [0.15, 0.2) is 5.82 Å². The van der Waals surface area contributed by atoms with Crippen LogP contribution in [0.5, 0.6) is 0 Å². The zero-order valence-electron chi connectivity index (χ0n) is 12.0. The Morgan fingerprint density at radius 1 is 1.52 bits per heavy atom. The van der Waals surface area contributed by atoms with Crippen LogP contribution < -0.4 is 5.32 Å². The Bertz CT molecular complexity index is 667. The fraction of sp³-hybridized carbons (Fsp3) is 0.417. The molecule has 2 N–H and O–H groups in total. The molecule has 0 aromatic carbocycles. The molecular weight excluding hydrogens is 276 g/mol. The van der Waals surface area contributed by atoms with Gasteiger partial charge in [-0.05, 0) is 0 Å². The summed E-state index contributed by atoms with van der Waals surface area (Å²) in [6, 6.07) is 1.75. The van der Waals surface area contributed by atoms with Crippen molar-refractivity contribution in [1.29, 1.82) is 0 Å². The van der Waals surface area contributed by atoms with Crippen LogP contribution in [0.4, 0.5) is 11.5 Å². The van der Waals surface area contributed by atoms with E-state index in [-0.39, 0.29) is 23.6 Å². The molecule has 2 aromatic heterocycles. The number of H-pyrrole nitrogens is 1. The summed E-state index contributed by atoms with van der Waals surface area (Å²) in [6.07, 6.45) is 2.30. The number of hydrogen-bond acceptors (Lipinski definition) is 5. The quantitative estimate of drug-likeness (QED) is 0.653. The lowest BCUT2D eigenvalue weighted by molar-refractivity contribution is -0.385. The smallest absolute Gasteiger partial charge is 0.307 e. The van der Waals surface area contributed by atoms with Crippen molar-refractivity contribution in [2.45, 2.75) is 32.7 Å². The number of rotatable bonds is 4. The molecule has 0 radical (unpaired) electrons. The van der Waals surface area contributed by atoms with E-state index >= 15 is 0 Å². The van der Waals surface area contributed by atoms with Crippen LogP contribution in [0.2, 0.25) is 0 Å². The highest BCUT2D eigenvalue weighted by Crippen LogP contribution is 2.21. The first-order valence-electron chi connectivity index (χ1n) is 6.28. The number of carbonyl (C=O) groups is 1. The van der Waals surface area contributed by atoms with Crippen LogP contribution in [0.3, 0.4) is 0 Å². The van der Waals surface area contributed by atoms with E-state index in [4.69, 9.17) is 0 Å². The van der Waals surface area contributed by atoms with Crippen molar-refractivity contribution in [3.63, 3.8) is 0 Å². The summed E-state index contributed by atoms with van der Waals surface area (Å²) in [5.41, 5.74) is 0.642. The van der Waals surface area contributed by atoms with Crippen molar-refractivity contribution in [3.8, 4) is 0 Å². The number of amides is 1. The lowest BCUT2D eigenvalue weighted by Gasteiger charge is -2.14. The molecule has 2 heterocycles. The van der Waals surface area contributed by atoms with Gasteiger partial charge >= 0.3 is 5.69 Å². The van der Waals surface area contributed by atoms with Crippen LogP contribution in [0.15, 0.2) is 18.5 Å². The Labute approximate surface area is 120 Å². The van der Waals surface area contributed by atoms with Crippen LogP contribution in [-0.4, -0.2) is 30.8 Å². The predicted octanol–water partition coefficient (Wildman–Crippen LogP) is 1.45. The van der Waals surface area contributed by atoms with E-state index in [0.29, 0.717) is 5.82 Å². The molecule has 21 heavy (non-hydrogen) atoms. The van der Waals surface area contributed by atoms with Crippen molar-refractivity contribution in [1.82, 2.24) is 20.0 Å². The first-order valence-corrected chi connectivity index (χ1v) is 6.28. The maximum Gasteiger partial charge on any atom is 0.307 e. The standard InChI is InChI=1S/C12H16N6O3/c1-12(2,3)9-4-10(16-15-9)14-11(19)7-17-6-8(5-13-17)18(20)21/h4-6H,7H2,1-3H3,(H2,14,15,16,19). The van der Waals surface area contributed by atoms with E-state index in [1.165, 1.54) is 10.9 Å². The van der Waals surface area contributed by atoms with E-state index in [2.05, 4.69) is 20.6 Å². The second-order valence-electron chi connectivity index (χ2n) is 5.62. The van der Waals surface area contributed by atoms with Crippen LogP contribution in [-0.2, 0) is 16.8 Å². The van der Waals surface area contributed by atoms with Gasteiger partial charge < -0.3 is 5.32 Å². The largest absolute Gasteiger partial charge is 0.308 e. The molecule has 112 valence electrons. The third-order valence-electron chi connectivity index (χ3n) is 2.79. The third kappa shape index (κ3) is 3.65. The Kier molecular flexibility index (Phi) is 3.74. The van der Waals surface area contributed by atoms with Gasteiger partial charge in [0.1, 0.15) is 18.9 Å². The SMILES string of the molecule is CC(C)(C)c1cc(NC(=O)Cn2cc([N+](=O)[O-])cn2)n[nH]1. The number of nitrogens with zero attached hydrogens (tertiary/aromatic N) is 4. The molecule has 9 heteroatoms. The van der Waals surface area contributed by atoms with E-state index in [0.717, 1.165) is 11.9 Å². The van der Waals surface area contributed by atoms with Gasteiger partial charge in [-0.15, -0.1) is 0 Å². The molecule has 1 amide bonds. The lowest BCUT2D eigenvalue weighted by atomic mass is 9.92. The number of carbonyl (C=O) groups excluding carboxylic acids is 1. The fourth-order valence-electron chi connectivity index (χ4n) is 1.63. The second-order valence-corrected chi connectivity index (χ2v) is 5.62. The molecule has 0 saturated carbocycles. The Hall–Kier alpha value is -2.71. The van der Waals surface area contributed by atoms with Gasteiger partial charge in [-0.1, -0.05) is 20.8 Å². The molecule has 0 aliphatic carbocycles. The lowest BCUT2D eigenvalue weighted by Crippen LogP contribution is -2.19. The molecule has 9 nitrogen and oxygen atoms in total. The number of aromatic amines is 1. The summed E-state index contributed by atoms with van der Waals surface area (Å²) in [6.45, 7) is 5.95.